The molecule has 0 radical (unpaired) electrons. The molecule has 28 heavy (non-hydrogen) atoms. The zero-order chi connectivity index (χ0) is 20.3. The third-order valence-electron chi connectivity index (χ3n) is 4.64. The highest BCUT2D eigenvalue weighted by Crippen LogP contribution is 2.34. The van der Waals surface area contributed by atoms with Crippen molar-refractivity contribution in [1.29, 1.82) is 0 Å². The van der Waals surface area contributed by atoms with E-state index in [2.05, 4.69) is 32.1 Å². The van der Waals surface area contributed by atoms with Crippen LogP contribution in [0.3, 0.4) is 0 Å². The first-order chi connectivity index (χ1) is 13.5. The fourth-order valence-corrected chi connectivity index (χ4v) is 4.64. The van der Waals surface area contributed by atoms with Gasteiger partial charge in [-0.1, -0.05) is 0 Å². The average molecular weight is 520 g/mol. The number of aromatic nitrogens is 3. The van der Waals surface area contributed by atoms with Crippen molar-refractivity contribution < 1.29 is 23.5 Å². The molecule has 1 amide bonds. The SMILES string of the molecule is COC(=O)C1CCN(C(=O)c2cc(-c3cc(OC)ncc3F)n(PI)n2)CC1. The number of piperidine rings is 1. The number of nitrogens with zero attached hydrogens (tertiary/aromatic N) is 4. The van der Waals surface area contributed by atoms with Gasteiger partial charge in [0.1, 0.15) is 0 Å². The largest absolute Gasteiger partial charge is 0.481 e. The van der Waals surface area contributed by atoms with E-state index in [1.54, 1.807) is 15.4 Å². The second kappa shape index (κ2) is 9.13. The van der Waals surface area contributed by atoms with Crippen molar-refractivity contribution in [2.75, 3.05) is 27.3 Å². The lowest BCUT2D eigenvalue weighted by Crippen LogP contribution is -2.40. The first kappa shape index (κ1) is 20.9. The molecule has 0 aliphatic carbocycles. The second-order valence-electron chi connectivity index (χ2n) is 6.21. The van der Waals surface area contributed by atoms with E-state index in [0.29, 0.717) is 31.6 Å². The average Bonchev–Trinajstić information content (AvgIpc) is 3.17. The van der Waals surface area contributed by atoms with Crippen LogP contribution in [0.4, 0.5) is 4.39 Å². The molecule has 1 aliphatic heterocycles. The Kier molecular flexibility index (Phi) is 6.82. The normalized spacial score (nSPS) is 15.2. The Hall–Kier alpha value is -1.81. The van der Waals surface area contributed by atoms with Crippen molar-refractivity contribution in [2.45, 2.75) is 12.8 Å². The quantitative estimate of drug-likeness (QED) is 0.343. The molecule has 1 fully saturated rings. The molecule has 2 aromatic rings. The van der Waals surface area contributed by atoms with Gasteiger partial charge in [0.15, 0.2) is 11.5 Å². The highest BCUT2D eigenvalue weighted by Gasteiger charge is 2.30. The number of hydrogen-bond acceptors (Lipinski definition) is 6. The molecule has 1 aliphatic rings. The van der Waals surface area contributed by atoms with Gasteiger partial charge in [-0.3, -0.25) is 9.59 Å². The summed E-state index contributed by atoms with van der Waals surface area (Å²) >= 11 is 2.12. The Morgan fingerprint density at radius 2 is 2.00 bits per heavy atom. The van der Waals surface area contributed by atoms with Crippen molar-refractivity contribution >= 4 is 40.3 Å². The smallest absolute Gasteiger partial charge is 0.308 e. The Bertz CT molecular complexity index is 886. The van der Waals surface area contributed by atoms with Gasteiger partial charge in [0.25, 0.3) is 5.91 Å². The number of rotatable bonds is 5. The minimum atomic E-state index is -0.519. The van der Waals surface area contributed by atoms with Crippen LogP contribution in [0.25, 0.3) is 11.3 Å². The number of carbonyl (C=O) groups is 2. The number of halogens is 2. The lowest BCUT2D eigenvalue weighted by Gasteiger charge is -2.30. The lowest BCUT2D eigenvalue weighted by atomic mass is 9.97. The molecule has 0 spiro atoms. The molecule has 0 bridgehead atoms. The summed E-state index contributed by atoms with van der Waals surface area (Å²) in [5.41, 5.74) is 0.997. The van der Waals surface area contributed by atoms with Crippen molar-refractivity contribution in [3.63, 3.8) is 0 Å². The third-order valence-corrected chi connectivity index (χ3v) is 6.51. The molecule has 2 aromatic heterocycles. The van der Waals surface area contributed by atoms with E-state index in [4.69, 9.17) is 9.47 Å². The number of ether oxygens (including phenoxy) is 2. The molecular weight excluding hydrogens is 501 g/mol. The highest BCUT2D eigenvalue weighted by atomic mass is 127. The van der Waals surface area contributed by atoms with E-state index in [1.165, 1.54) is 20.3 Å². The molecule has 1 unspecified atom stereocenters. The van der Waals surface area contributed by atoms with Crippen molar-refractivity contribution in [1.82, 2.24) is 19.4 Å². The molecule has 3 heterocycles. The highest BCUT2D eigenvalue weighted by molar-refractivity contribution is 14.2. The molecule has 11 heteroatoms. The molecule has 1 atom stereocenters. The lowest BCUT2D eigenvalue weighted by molar-refractivity contribution is -0.146. The Labute approximate surface area is 176 Å². The second-order valence-corrected chi connectivity index (χ2v) is 8.25. The number of carbonyl (C=O) groups excluding carboxylic acids is 2. The summed E-state index contributed by atoms with van der Waals surface area (Å²) in [7, 11) is 2.82. The predicted molar refractivity (Wildman–Crippen MR) is 110 cm³/mol. The maximum atomic E-state index is 14.3. The number of amides is 1. The molecule has 3 rings (SSSR count). The van der Waals surface area contributed by atoms with Gasteiger partial charge in [0.05, 0.1) is 38.4 Å². The van der Waals surface area contributed by atoms with Crippen molar-refractivity contribution in [3.05, 3.63) is 29.8 Å². The van der Waals surface area contributed by atoms with E-state index >= 15 is 0 Å². The number of likely N-dealkylation sites (tertiary alicyclic amines) is 1. The summed E-state index contributed by atoms with van der Waals surface area (Å²) in [6.45, 7) is 0.898. The van der Waals surface area contributed by atoms with Crippen molar-refractivity contribution in [3.8, 4) is 17.1 Å². The summed E-state index contributed by atoms with van der Waals surface area (Å²) in [5, 5.41) is 4.36. The van der Waals surface area contributed by atoms with Gasteiger partial charge in [0, 0.05) is 24.7 Å². The molecule has 150 valence electrons. The van der Waals surface area contributed by atoms with Crippen LogP contribution in [0.15, 0.2) is 18.3 Å². The molecule has 8 nitrogen and oxygen atoms in total. The van der Waals surface area contributed by atoms with E-state index in [9.17, 15) is 14.0 Å². The fraction of sp³-hybridized carbons (Fsp3) is 0.412. The molecular formula is C17H19FIN4O4P. The van der Waals surface area contributed by atoms with Gasteiger partial charge in [0.2, 0.25) is 5.88 Å². The molecule has 0 saturated carbocycles. The van der Waals surface area contributed by atoms with Crippen LogP contribution in [-0.2, 0) is 9.53 Å². The number of hydrogen-bond donors (Lipinski definition) is 0. The number of esters is 1. The first-order valence-electron chi connectivity index (χ1n) is 8.52. The fourth-order valence-electron chi connectivity index (χ4n) is 3.12. The Morgan fingerprint density at radius 3 is 2.61 bits per heavy atom. The van der Waals surface area contributed by atoms with Gasteiger partial charge in [-0.05, 0) is 40.9 Å². The van der Waals surface area contributed by atoms with E-state index in [0.717, 1.165) is 6.20 Å². The van der Waals surface area contributed by atoms with Crippen LogP contribution in [0.1, 0.15) is 23.3 Å². The van der Waals surface area contributed by atoms with Crippen LogP contribution in [0, 0.1) is 11.7 Å². The van der Waals surface area contributed by atoms with Crippen LogP contribution in [0.2, 0.25) is 0 Å². The summed E-state index contributed by atoms with van der Waals surface area (Å²) in [6.07, 6.45) is 2.37. The van der Waals surface area contributed by atoms with Crippen molar-refractivity contribution in [2.24, 2.45) is 5.92 Å². The van der Waals surface area contributed by atoms with Gasteiger partial charge in [-0.25, -0.2) is 13.8 Å². The number of pyridine rings is 1. The molecule has 0 N–H and O–H groups in total. The topological polar surface area (TPSA) is 86.5 Å². The van der Waals surface area contributed by atoms with Crippen LogP contribution < -0.4 is 4.74 Å². The minimum Gasteiger partial charge on any atom is -0.481 e. The van der Waals surface area contributed by atoms with E-state index < -0.39 is 5.82 Å². The first-order valence-corrected chi connectivity index (χ1v) is 12.6. The maximum absolute atomic E-state index is 14.3. The van der Waals surface area contributed by atoms with Crippen LogP contribution in [-0.4, -0.2) is 58.6 Å². The monoisotopic (exact) mass is 520 g/mol. The third kappa shape index (κ3) is 4.27. The zero-order valence-corrected chi connectivity index (χ0v) is 18.5. The summed E-state index contributed by atoms with van der Waals surface area (Å²) in [5.74, 6) is -0.907. The summed E-state index contributed by atoms with van der Waals surface area (Å²) < 4.78 is 25.8. The van der Waals surface area contributed by atoms with Gasteiger partial charge in [-0.15, -0.1) is 0 Å². The van der Waals surface area contributed by atoms with Gasteiger partial charge < -0.3 is 14.4 Å². The summed E-state index contributed by atoms with van der Waals surface area (Å²) in [4.78, 5) is 30.0. The Morgan fingerprint density at radius 1 is 1.29 bits per heavy atom. The van der Waals surface area contributed by atoms with Crippen LogP contribution >= 0.6 is 28.4 Å². The van der Waals surface area contributed by atoms with E-state index in [1.807, 2.05) is 0 Å². The number of methoxy groups -OCH3 is 2. The predicted octanol–water partition coefficient (Wildman–Crippen LogP) is 2.91. The minimum absolute atomic E-state index is 0.179. The van der Waals surface area contributed by atoms with Crippen LogP contribution in [0.5, 0.6) is 5.88 Å². The van der Waals surface area contributed by atoms with Gasteiger partial charge in [-0.2, -0.15) is 5.10 Å². The maximum Gasteiger partial charge on any atom is 0.308 e. The standard InChI is InChI=1S/C17H19FIN4O4P/c1-26-15-7-11(12(18)9-20-15)14-8-13(21-23(14)28-19)16(24)22-5-3-10(4-6-22)17(25)27-2/h7-10,28H,3-6H2,1-2H3. The summed E-state index contributed by atoms with van der Waals surface area (Å²) in [6, 6.07) is 3.06. The van der Waals surface area contributed by atoms with E-state index in [-0.39, 0.29) is 41.3 Å². The molecule has 0 aromatic carbocycles. The van der Waals surface area contributed by atoms with Gasteiger partial charge >= 0.3 is 5.97 Å². The molecule has 1 saturated heterocycles. The zero-order valence-electron chi connectivity index (χ0n) is 15.3. The Balaban J connectivity index is 1.83.